The Morgan fingerprint density at radius 2 is 1.78 bits per heavy atom. The molecular formula is C23H25N3O4S2. The van der Waals surface area contributed by atoms with Gasteiger partial charge in [0.05, 0.1) is 21.9 Å². The lowest BCUT2D eigenvalue weighted by Crippen LogP contribution is -2.21. The third kappa shape index (κ3) is 6.02. The van der Waals surface area contributed by atoms with Gasteiger partial charge in [0.25, 0.3) is 5.91 Å². The molecule has 0 fully saturated rings. The summed E-state index contributed by atoms with van der Waals surface area (Å²) in [6, 6.07) is 14.2. The van der Waals surface area contributed by atoms with Gasteiger partial charge in [0.2, 0.25) is 5.91 Å². The van der Waals surface area contributed by atoms with Crippen molar-refractivity contribution in [1.82, 2.24) is 10.3 Å². The highest BCUT2D eigenvalue weighted by molar-refractivity contribution is 7.91. The summed E-state index contributed by atoms with van der Waals surface area (Å²) in [5.74, 6) is -0.614. The summed E-state index contributed by atoms with van der Waals surface area (Å²) in [5.41, 5.74) is 2.91. The maximum Gasteiger partial charge on any atom is 0.258 e. The predicted octanol–water partition coefficient (Wildman–Crippen LogP) is 3.92. The fourth-order valence-electron chi connectivity index (χ4n) is 3.11. The molecule has 2 amide bonds. The number of amides is 2. The van der Waals surface area contributed by atoms with Crippen LogP contribution in [0.3, 0.4) is 0 Å². The number of anilines is 1. The van der Waals surface area contributed by atoms with Crippen molar-refractivity contribution in [1.29, 1.82) is 0 Å². The first-order valence-corrected chi connectivity index (χ1v) is 12.8. The van der Waals surface area contributed by atoms with Crippen molar-refractivity contribution in [3.8, 4) is 11.3 Å². The van der Waals surface area contributed by atoms with Crippen molar-refractivity contribution < 1.29 is 18.0 Å². The molecule has 9 heteroatoms. The second-order valence-corrected chi connectivity index (χ2v) is 10.3. The summed E-state index contributed by atoms with van der Waals surface area (Å²) in [7, 11) is -3.52. The Kier molecular flexibility index (Phi) is 7.76. The minimum atomic E-state index is -3.52. The number of sulfone groups is 1. The maximum atomic E-state index is 12.7. The van der Waals surface area contributed by atoms with Crippen LogP contribution in [-0.2, 0) is 21.1 Å². The predicted molar refractivity (Wildman–Crippen MR) is 127 cm³/mol. The van der Waals surface area contributed by atoms with Crippen molar-refractivity contribution in [2.45, 2.75) is 31.6 Å². The highest BCUT2D eigenvalue weighted by atomic mass is 32.2. The lowest BCUT2D eigenvalue weighted by Gasteiger charge is -2.08. The number of nitrogens with zero attached hydrogens (tertiary/aromatic N) is 1. The number of hydrogen-bond donors (Lipinski definition) is 2. The van der Waals surface area contributed by atoms with Gasteiger partial charge in [0.1, 0.15) is 0 Å². The fraction of sp³-hybridized carbons (Fsp3) is 0.261. The van der Waals surface area contributed by atoms with Gasteiger partial charge in [0.15, 0.2) is 15.0 Å². The standard InChI is InChI=1S/C23H25N3O4S2/c1-3-32(29,30)21-9-5-4-8-19(21)22(28)26-23-25-20(15-31-23)18-12-10-17(11-13-18)7-6-14-24-16(2)27/h4-5,8-13,15H,3,6-7,14H2,1-2H3,(H,24,27)(H,25,26,28). The van der Waals surface area contributed by atoms with E-state index in [1.54, 1.807) is 19.1 Å². The van der Waals surface area contributed by atoms with E-state index in [-0.39, 0.29) is 22.1 Å². The average Bonchev–Trinajstić information content (AvgIpc) is 3.25. The van der Waals surface area contributed by atoms with E-state index in [1.165, 1.54) is 30.4 Å². The number of benzene rings is 2. The zero-order valence-corrected chi connectivity index (χ0v) is 19.6. The molecular weight excluding hydrogens is 446 g/mol. The zero-order chi connectivity index (χ0) is 23.1. The van der Waals surface area contributed by atoms with Crippen LogP contribution in [0.25, 0.3) is 11.3 Å². The first-order chi connectivity index (χ1) is 15.3. The van der Waals surface area contributed by atoms with Crippen molar-refractivity contribution in [3.05, 3.63) is 65.0 Å². The Labute approximate surface area is 191 Å². The van der Waals surface area contributed by atoms with Gasteiger partial charge in [-0.2, -0.15) is 0 Å². The van der Waals surface area contributed by atoms with Gasteiger partial charge >= 0.3 is 0 Å². The number of nitrogens with one attached hydrogen (secondary N) is 2. The third-order valence-electron chi connectivity index (χ3n) is 4.84. The van der Waals surface area contributed by atoms with Crippen LogP contribution in [0.4, 0.5) is 5.13 Å². The molecule has 0 aliphatic heterocycles. The summed E-state index contributed by atoms with van der Waals surface area (Å²) in [5, 5.41) is 7.73. The number of aryl methyl sites for hydroxylation is 1. The highest BCUT2D eigenvalue weighted by Crippen LogP contribution is 2.26. The number of rotatable bonds is 9. The highest BCUT2D eigenvalue weighted by Gasteiger charge is 2.21. The van der Waals surface area contributed by atoms with Crippen molar-refractivity contribution in [2.24, 2.45) is 0 Å². The molecule has 0 atom stereocenters. The van der Waals surface area contributed by atoms with E-state index < -0.39 is 15.7 Å². The van der Waals surface area contributed by atoms with E-state index >= 15 is 0 Å². The quantitative estimate of drug-likeness (QED) is 0.460. The SMILES string of the molecule is CCS(=O)(=O)c1ccccc1C(=O)Nc1nc(-c2ccc(CCCNC(C)=O)cc2)cs1. The zero-order valence-electron chi connectivity index (χ0n) is 17.9. The van der Waals surface area contributed by atoms with E-state index in [1.807, 2.05) is 29.6 Å². The fourth-order valence-corrected chi connectivity index (χ4v) is 4.92. The summed E-state index contributed by atoms with van der Waals surface area (Å²) in [6.07, 6.45) is 1.72. The monoisotopic (exact) mass is 471 g/mol. The Morgan fingerprint density at radius 1 is 1.06 bits per heavy atom. The largest absolute Gasteiger partial charge is 0.356 e. The average molecular weight is 472 g/mol. The van der Waals surface area contributed by atoms with Crippen LogP contribution in [-0.4, -0.2) is 37.5 Å². The molecule has 168 valence electrons. The number of carbonyl (C=O) groups is 2. The summed E-state index contributed by atoms with van der Waals surface area (Å²) >= 11 is 1.28. The number of aromatic nitrogens is 1. The van der Waals surface area contributed by atoms with Crippen LogP contribution in [0, 0.1) is 0 Å². The first kappa shape index (κ1) is 23.6. The number of thiazole rings is 1. The summed E-state index contributed by atoms with van der Waals surface area (Å²) in [4.78, 5) is 28.1. The lowest BCUT2D eigenvalue weighted by molar-refractivity contribution is -0.118. The van der Waals surface area contributed by atoms with Gasteiger partial charge in [0, 0.05) is 24.4 Å². The minimum Gasteiger partial charge on any atom is -0.356 e. The number of carbonyl (C=O) groups excluding carboxylic acids is 2. The molecule has 32 heavy (non-hydrogen) atoms. The molecule has 1 heterocycles. The second kappa shape index (κ2) is 10.5. The molecule has 0 unspecified atom stereocenters. The van der Waals surface area contributed by atoms with Crippen LogP contribution in [0.15, 0.2) is 58.8 Å². The minimum absolute atomic E-state index is 0.0193. The first-order valence-electron chi connectivity index (χ1n) is 10.2. The van der Waals surface area contributed by atoms with Crippen molar-refractivity contribution in [2.75, 3.05) is 17.6 Å². The van der Waals surface area contributed by atoms with Crippen molar-refractivity contribution in [3.63, 3.8) is 0 Å². The van der Waals surface area contributed by atoms with Gasteiger partial charge in [-0.1, -0.05) is 43.3 Å². The van der Waals surface area contributed by atoms with E-state index in [9.17, 15) is 18.0 Å². The molecule has 1 aromatic heterocycles. The molecule has 0 spiro atoms. The number of hydrogen-bond acceptors (Lipinski definition) is 6. The van der Waals surface area contributed by atoms with Gasteiger partial charge in [-0.3, -0.25) is 14.9 Å². The van der Waals surface area contributed by atoms with Gasteiger partial charge in [-0.15, -0.1) is 11.3 Å². The van der Waals surface area contributed by atoms with E-state index in [0.717, 1.165) is 29.7 Å². The summed E-state index contributed by atoms with van der Waals surface area (Å²) in [6.45, 7) is 3.70. The molecule has 7 nitrogen and oxygen atoms in total. The molecule has 0 aliphatic rings. The molecule has 2 N–H and O–H groups in total. The van der Waals surface area contributed by atoms with Crippen molar-refractivity contribution >= 4 is 38.1 Å². The molecule has 0 aliphatic carbocycles. The molecule has 0 radical (unpaired) electrons. The van der Waals surface area contributed by atoms with Gasteiger partial charge in [-0.05, 0) is 30.5 Å². The Bertz CT molecular complexity index is 1200. The molecule has 3 rings (SSSR count). The Hall–Kier alpha value is -3.04. The third-order valence-corrected chi connectivity index (χ3v) is 7.38. The van der Waals surface area contributed by atoms with Crippen LogP contribution < -0.4 is 10.6 Å². The van der Waals surface area contributed by atoms with Crippen LogP contribution in [0.5, 0.6) is 0 Å². The van der Waals surface area contributed by atoms with E-state index in [2.05, 4.69) is 15.6 Å². The molecule has 3 aromatic rings. The summed E-state index contributed by atoms with van der Waals surface area (Å²) < 4.78 is 24.6. The topological polar surface area (TPSA) is 105 Å². The van der Waals surface area contributed by atoms with Gasteiger partial charge < -0.3 is 5.32 Å². The van der Waals surface area contributed by atoms with Crippen LogP contribution >= 0.6 is 11.3 Å². The van der Waals surface area contributed by atoms with E-state index in [0.29, 0.717) is 11.7 Å². The smallest absolute Gasteiger partial charge is 0.258 e. The lowest BCUT2D eigenvalue weighted by atomic mass is 10.1. The Morgan fingerprint density at radius 3 is 2.47 bits per heavy atom. The molecule has 2 aromatic carbocycles. The normalized spacial score (nSPS) is 11.2. The second-order valence-electron chi connectivity index (χ2n) is 7.18. The maximum absolute atomic E-state index is 12.7. The van der Waals surface area contributed by atoms with E-state index in [4.69, 9.17) is 0 Å². The molecule has 0 bridgehead atoms. The van der Waals surface area contributed by atoms with Crippen LogP contribution in [0.2, 0.25) is 0 Å². The molecule has 0 saturated carbocycles. The Balaban J connectivity index is 1.67. The van der Waals surface area contributed by atoms with Gasteiger partial charge in [-0.25, -0.2) is 13.4 Å². The molecule has 0 saturated heterocycles. The van der Waals surface area contributed by atoms with Crippen LogP contribution in [0.1, 0.15) is 36.2 Å².